The van der Waals surface area contributed by atoms with Crippen molar-refractivity contribution in [3.8, 4) is 5.75 Å². The predicted molar refractivity (Wildman–Crippen MR) is 160 cm³/mol. The number of anilines is 2. The maximum Gasteiger partial charge on any atom is 0.306 e. The highest BCUT2D eigenvalue weighted by atomic mass is 16.4. The van der Waals surface area contributed by atoms with E-state index in [9.17, 15) is 24.6 Å². The number of carboxylic acid groups (broad SMARTS) is 1. The number of carbonyl (C=O) groups is 3. The highest BCUT2D eigenvalue weighted by molar-refractivity contribution is 6.57. The van der Waals surface area contributed by atoms with E-state index < -0.39 is 17.8 Å². The molecule has 4 rings (SSSR count). The summed E-state index contributed by atoms with van der Waals surface area (Å²) in [6.07, 6.45) is 2.66. The van der Waals surface area contributed by atoms with Gasteiger partial charge < -0.3 is 10.2 Å². The molecule has 9 nitrogen and oxygen atoms in total. The Morgan fingerprint density at radius 3 is 2.44 bits per heavy atom. The Labute approximate surface area is 241 Å². The number of likely N-dealkylation sites (N-methyl/N-ethyl adjacent to an activating group) is 1. The Hall–Kier alpha value is -3.98. The van der Waals surface area contributed by atoms with E-state index in [2.05, 4.69) is 15.4 Å². The lowest BCUT2D eigenvalue weighted by Gasteiger charge is -2.31. The van der Waals surface area contributed by atoms with Crippen molar-refractivity contribution in [2.75, 3.05) is 30.0 Å². The number of para-hydroxylation sites is 1. The second-order valence-corrected chi connectivity index (χ2v) is 11.0. The molecular weight excluding hydrogens is 520 g/mol. The summed E-state index contributed by atoms with van der Waals surface area (Å²) in [5.41, 5.74) is 7.44. The highest BCUT2D eigenvalue weighted by Crippen LogP contribution is 2.42. The number of nitrogens with zero attached hydrogens (tertiary/aromatic N) is 3. The zero-order chi connectivity index (χ0) is 29.8. The lowest BCUT2D eigenvalue weighted by atomic mass is 9.77. The first-order valence-electron chi connectivity index (χ1n) is 14.3. The zero-order valence-corrected chi connectivity index (χ0v) is 24.5. The molecule has 2 amide bonds. The smallest absolute Gasteiger partial charge is 0.306 e. The Kier molecular flexibility index (Phi) is 9.28. The number of phenols is 1. The van der Waals surface area contributed by atoms with Crippen LogP contribution in [0.4, 0.5) is 11.4 Å². The van der Waals surface area contributed by atoms with Gasteiger partial charge in [0.2, 0.25) is 0 Å². The number of nitrogens with one attached hydrogen (secondary N) is 1. The molecule has 0 radical (unpaired) electrons. The van der Waals surface area contributed by atoms with Crippen molar-refractivity contribution < 1.29 is 24.6 Å². The standard InChI is InChI=1S/C32H40N4O5/c1-6-35(7-2)18-26-21(5)28(31(39)36(30(26)38)24-15-14-19(3)20(4)16-24)34-33-27-13-9-12-25(29(27)37)22-10-8-11-23(17-22)32(40)41/h9,12-16,22-23,33,37H,6-8,10-11,17-18H2,1-5H3,(H,40,41)/b34-28+. The van der Waals surface area contributed by atoms with E-state index in [1.165, 1.54) is 4.90 Å². The number of amides is 2. The number of imide groups is 1. The fraction of sp³-hybridized carbons (Fsp3) is 0.438. The van der Waals surface area contributed by atoms with Gasteiger partial charge in [-0.25, -0.2) is 4.90 Å². The van der Waals surface area contributed by atoms with E-state index in [4.69, 9.17) is 0 Å². The number of aromatic hydroxyl groups is 1. The molecule has 1 saturated carbocycles. The molecule has 0 saturated heterocycles. The normalized spacial score (nSPS) is 20.7. The van der Waals surface area contributed by atoms with Crippen molar-refractivity contribution in [3.05, 3.63) is 64.2 Å². The molecule has 9 heteroatoms. The summed E-state index contributed by atoms with van der Waals surface area (Å²) in [7, 11) is 0. The Bertz CT molecular complexity index is 1410. The number of hydrazone groups is 1. The van der Waals surface area contributed by atoms with Crippen LogP contribution in [-0.2, 0) is 14.4 Å². The predicted octanol–water partition coefficient (Wildman–Crippen LogP) is 5.37. The monoisotopic (exact) mass is 560 g/mol. The lowest BCUT2D eigenvalue weighted by Crippen LogP contribution is -2.49. The lowest BCUT2D eigenvalue weighted by molar-refractivity contribution is -0.143. The first-order valence-corrected chi connectivity index (χ1v) is 14.3. The fourth-order valence-corrected chi connectivity index (χ4v) is 5.68. The van der Waals surface area contributed by atoms with Gasteiger partial charge in [0.15, 0.2) is 5.71 Å². The third-order valence-electron chi connectivity index (χ3n) is 8.52. The summed E-state index contributed by atoms with van der Waals surface area (Å²) in [6.45, 7) is 11.6. The third-order valence-corrected chi connectivity index (χ3v) is 8.52. The van der Waals surface area contributed by atoms with Gasteiger partial charge in [-0.15, -0.1) is 0 Å². The van der Waals surface area contributed by atoms with Gasteiger partial charge in [0.05, 0.1) is 17.3 Å². The first kappa shape index (κ1) is 30.0. The number of benzene rings is 2. The Morgan fingerprint density at radius 1 is 1.05 bits per heavy atom. The highest BCUT2D eigenvalue weighted by Gasteiger charge is 2.38. The SMILES string of the molecule is CCN(CC)CC1=C(C)/C(=N\Nc2cccc(C3CCCC(C(=O)O)C3)c2O)C(=O)N(c2ccc(C)c(C)c2)C1=O. The molecule has 3 N–H and O–H groups in total. The number of carboxylic acids is 1. The largest absolute Gasteiger partial charge is 0.505 e. The van der Waals surface area contributed by atoms with E-state index in [0.717, 1.165) is 37.1 Å². The van der Waals surface area contributed by atoms with E-state index >= 15 is 0 Å². The minimum Gasteiger partial charge on any atom is -0.505 e. The van der Waals surface area contributed by atoms with Gasteiger partial charge in [-0.2, -0.15) is 5.10 Å². The topological polar surface area (TPSA) is 123 Å². The molecule has 41 heavy (non-hydrogen) atoms. The summed E-state index contributed by atoms with van der Waals surface area (Å²) < 4.78 is 0. The molecule has 1 aliphatic carbocycles. The van der Waals surface area contributed by atoms with E-state index in [1.807, 2.05) is 45.9 Å². The number of rotatable bonds is 9. The number of hydrogen-bond donors (Lipinski definition) is 3. The Morgan fingerprint density at radius 2 is 1.78 bits per heavy atom. The molecule has 2 unspecified atom stereocenters. The van der Waals surface area contributed by atoms with E-state index in [1.54, 1.807) is 25.1 Å². The third kappa shape index (κ3) is 6.20. The van der Waals surface area contributed by atoms with Gasteiger partial charge in [0.25, 0.3) is 11.8 Å². The van der Waals surface area contributed by atoms with E-state index in [0.29, 0.717) is 47.5 Å². The molecule has 1 aliphatic heterocycles. The van der Waals surface area contributed by atoms with Gasteiger partial charge in [0, 0.05) is 12.1 Å². The van der Waals surface area contributed by atoms with Gasteiger partial charge in [-0.05, 0) is 99.5 Å². The average molecular weight is 561 g/mol. The zero-order valence-electron chi connectivity index (χ0n) is 24.5. The van der Waals surface area contributed by atoms with Crippen molar-refractivity contribution in [2.24, 2.45) is 11.0 Å². The average Bonchev–Trinajstić information content (AvgIpc) is 2.96. The second kappa shape index (κ2) is 12.7. The van der Waals surface area contributed by atoms with Crippen molar-refractivity contribution in [1.29, 1.82) is 0 Å². The van der Waals surface area contributed by atoms with Crippen molar-refractivity contribution in [1.82, 2.24) is 4.90 Å². The van der Waals surface area contributed by atoms with Crippen molar-refractivity contribution in [3.63, 3.8) is 0 Å². The number of carbonyl (C=O) groups excluding carboxylic acids is 2. The molecule has 1 heterocycles. The fourth-order valence-electron chi connectivity index (χ4n) is 5.68. The van der Waals surface area contributed by atoms with Crippen LogP contribution in [0.3, 0.4) is 0 Å². The summed E-state index contributed by atoms with van der Waals surface area (Å²) in [4.78, 5) is 42.4. The van der Waals surface area contributed by atoms with Crippen LogP contribution in [0.1, 0.15) is 69.1 Å². The Balaban J connectivity index is 1.72. The molecule has 2 aromatic rings. The molecule has 2 aliphatic rings. The molecule has 1 fully saturated rings. The van der Waals surface area contributed by atoms with E-state index in [-0.39, 0.29) is 23.3 Å². The number of aryl methyl sites for hydroxylation is 2. The van der Waals surface area contributed by atoms with Gasteiger partial charge in [-0.3, -0.25) is 24.7 Å². The van der Waals surface area contributed by atoms with Crippen LogP contribution in [0, 0.1) is 19.8 Å². The minimum atomic E-state index is -0.809. The number of phenolic OH excluding ortho intramolecular Hbond substituents is 1. The van der Waals surface area contributed by atoms with Crippen LogP contribution in [0.5, 0.6) is 5.75 Å². The van der Waals surface area contributed by atoms with Crippen LogP contribution in [-0.4, -0.2) is 58.2 Å². The van der Waals surface area contributed by atoms with Crippen LogP contribution in [0.15, 0.2) is 52.6 Å². The van der Waals surface area contributed by atoms with Crippen LogP contribution in [0.2, 0.25) is 0 Å². The van der Waals surface area contributed by atoms with Gasteiger partial charge in [0.1, 0.15) is 5.75 Å². The molecule has 2 atom stereocenters. The van der Waals surface area contributed by atoms with Crippen LogP contribution in [0.25, 0.3) is 0 Å². The molecule has 0 aromatic heterocycles. The molecule has 0 spiro atoms. The maximum atomic E-state index is 13.8. The van der Waals surface area contributed by atoms with Crippen LogP contribution >= 0.6 is 0 Å². The van der Waals surface area contributed by atoms with Crippen molar-refractivity contribution in [2.45, 2.75) is 66.2 Å². The summed E-state index contributed by atoms with van der Waals surface area (Å²) in [5.74, 6) is -2.25. The summed E-state index contributed by atoms with van der Waals surface area (Å²) in [5, 5.41) is 25.1. The second-order valence-electron chi connectivity index (χ2n) is 11.0. The van der Waals surface area contributed by atoms with Crippen molar-refractivity contribution >= 4 is 34.9 Å². The molecule has 218 valence electrons. The quantitative estimate of drug-likeness (QED) is 0.214. The first-order chi connectivity index (χ1) is 19.6. The van der Waals surface area contributed by atoms with Crippen LogP contribution < -0.4 is 10.3 Å². The molecular formula is C32H40N4O5. The van der Waals surface area contributed by atoms with Gasteiger partial charge >= 0.3 is 5.97 Å². The van der Waals surface area contributed by atoms with Gasteiger partial charge in [-0.1, -0.05) is 38.5 Å². The summed E-state index contributed by atoms with van der Waals surface area (Å²) >= 11 is 0. The number of hydrogen-bond acceptors (Lipinski definition) is 7. The molecule has 2 aromatic carbocycles. The summed E-state index contributed by atoms with van der Waals surface area (Å²) in [6, 6.07) is 10.7. The molecule has 0 bridgehead atoms. The maximum absolute atomic E-state index is 13.8. The minimum absolute atomic E-state index is 0.0109. The number of aliphatic carboxylic acids is 1.